The minimum atomic E-state index is -0.218. The standard InChI is InChI=1S/C17H18O5/c1-11-5-9-14(22-11)13(18)8-6-12-7-10-15(19-2)17(21-4)16(12)20-3/h5-10H,1-4H3/b8-6-. The third-order valence-corrected chi connectivity index (χ3v) is 3.13. The van der Waals surface area contributed by atoms with Gasteiger partial charge in [-0.05, 0) is 43.3 Å². The van der Waals surface area contributed by atoms with E-state index in [0.717, 1.165) is 0 Å². The van der Waals surface area contributed by atoms with Gasteiger partial charge in [-0.3, -0.25) is 4.79 Å². The number of aryl methyl sites for hydroxylation is 1. The summed E-state index contributed by atoms with van der Waals surface area (Å²) in [5, 5.41) is 0. The number of hydrogen-bond acceptors (Lipinski definition) is 5. The summed E-state index contributed by atoms with van der Waals surface area (Å²) in [5.41, 5.74) is 0.705. The van der Waals surface area contributed by atoms with Gasteiger partial charge in [-0.2, -0.15) is 0 Å². The van der Waals surface area contributed by atoms with Gasteiger partial charge >= 0.3 is 0 Å². The molecule has 0 fully saturated rings. The molecule has 0 unspecified atom stereocenters. The fourth-order valence-electron chi connectivity index (χ4n) is 2.07. The van der Waals surface area contributed by atoms with E-state index in [-0.39, 0.29) is 5.78 Å². The predicted molar refractivity (Wildman–Crippen MR) is 82.9 cm³/mol. The minimum Gasteiger partial charge on any atom is -0.493 e. The Balaban J connectivity index is 2.32. The molecule has 2 rings (SSSR count). The third-order valence-electron chi connectivity index (χ3n) is 3.13. The van der Waals surface area contributed by atoms with Crippen molar-refractivity contribution in [3.05, 3.63) is 47.4 Å². The van der Waals surface area contributed by atoms with E-state index in [2.05, 4.69) is 0 Å². The van der Waals surface area contributed by atoms with Gasteiger partial charge in [0.1, 0.15) is 5.76 Å². The zero-order chi connectivity index (χ0) is 16.1. The molecule has 1 aromatic carbocycles. The molecule has 0 bridgehead atoms. The van der Waals surface area contributed by atoms with Gasteiger partial charge in [0, 0.05) is 5.56 Å². The highest BCUT2D eigenvalue weighted by Gasteiger charge is 2.14. The van der Waals surface area contributed by atoms with Gasteiger partial charge in [0.05, 0.1) is 21.3 Å². The summed E-state index contributed by atoms with van der Waals surface area (Å²) in [4.78, 5) is 12.0. The first-order valence-corrected chi connectivity index (χ1v) is 6.68. The van der Waals surface area contributed by atoms with E-state index in [1.165, 1.54) is 20.3 Å². The molecule has 0 spiro atoms. The Bertz CT molecular complexity index is 697. The van der Waals surface area contributed by atoms with E-state index < -0.39 is 0 Å². The highest BCUT2D eigenvalue weighted by atomic mass is 16.5. The van der Waals surface area contributed by atoms with Crippen molar-refractivity contribution in [2.75, 3.05) is 21.3 Å². The van der Waals surface area contributed by atoms with Crippen LogP contribution in [0.3, 0.4) is 0 Å². The normalized spacial score (nSPS) is 10.7. The maximum absolute atomic E-state index is 12.0. The molecule has 0 radical (unpaired) electrons. The number of carbonyl (C=O) groups excluding carboxylic acids is 1. The summed E-state index contributed by atoms with van der Waals surface area (Å²) in [7, 11) is 4.62. The predicted octanol–water partition coefficient (Wildman–Crippen LogP) is 3.51. The van der Waals surface area contributed by atoms with Crippen molar-refractivity contribution in [3.8, 4) is 17.2 Å². The number of carbonyl (C=O) groups is 1. The Hall–Kier alpha value is -2.69. The molecule has 5 heteroatoms. The molecule has 22 heavy (non-hydrogen) atoms. The number of methoxy groups -OCH3 is 3. The number of allylic oxidation sites excluding steroid dienone is 1. The fraction of sp³-hybridized carbons (Fsp3) is 0.235. The summed E-state index contributed by atoms with van der Waals surface area (Å²) < 4.78 is 21.2. The first kappa shape index (κ1) is 15.7. The van der Waals surface area contributed by atoms with Crippen molar-refractivity contribution in [1.82, 2.24) is 0 Å². The van der Waals surface area contributed by atoms with Crippen molar-refractivity contribution in [2.24, 2.45) is 0 Å². The van der Waals surface area contributed by atoms with Crippen molar-refractivity contribution >= 4 is 11.9 Å². The molecule has 5 nitrogen and oxygen atoms in total. The van der Waals surface area contributed by atoms with Crippen LogP contribution in [0.15, 0.2) is 34.8 Å². The number of hydrogen-bond donors (Lipinski definition) is 0. The van der Waals surface area contributed by atoms with E-state index in [1.54, 1.807) is 44.4 Å². The van der Waals surface area contributed by atoms with Gasteiger partial charge in [0.25, 0.3) is 0 Å². The summed E-state index contributed by atoms with van der Waals surface area (Å²) in [5.74, 6) is 2.32. The van der Waals surface area contributed by atoms with Crippen molar-refractivity contribution in [2.45, 2.75) is 6.92 Å². The largest absolute Gasteiger partial charge is 0.493 e. The molecule has 1 aromatic heterocycles. The SMILES string of the molecule is COc1ccc(/C=C\C(=O)c2ccc(C)o2)c(OC)c1OC. The average Bonchev–Trinajstić information content (AvgIpc) is 2.97. The summed E-state index contributed by atoms with van der Waals surface area (Å²) in [6.45, 7) is 1.79. The van der Waals surface area contributed by atoms with E-state index in [9.17, 15) is 4.79 Å². The van der Waals surface area contributed by atoms with E-state index in [4.69, 9.17) is 18.6 Å². The highest BCUT2D eigenvalue weighted by Crippen LogP contribution is 2.40. The fourth-order valence-corrected chi connectivity index (χ4v) is 2.07. The Morgan fingerprint density at radius 3 is 2.27 bits per heavy atom. The molecule has 0 N–H and O–H groups in total. The van der Waals surface area contributed by atoms with Crippen molar-refractivity contribution < 1.29 is 23.4 Å². The number of benzene rings is 1. The zero-order valence-electron chi connectivity index (χ0n) is 13.0. The van der Waals surface area contributed by atoms with Crippen LogP contribution in [0.4, 0.5) is 0 Å². The van der Waals surface area contributed by atoms with Crippen LogP contribution in [-0.4, -0.2) is 27.1 Å². The van der Waals surface area contributed by atoms with Crippen LogP contribution >= 0.6 is 0 Å². The molecule has 1 heterocycles. The molecule has 0 amide bonds. The zero-order valence-corrected chi connectivity index (χ0v) is 13.0. The minimum absolute atomic E-state index is 0.218. The van der Waals surface area contributed by atoms with Crippen LogP contribution in [0.2, 0.25) is 0 Å². The molecule has 0 saturated heterocycles. The number of ether oxygens (including phenoxy) is 3. The molecular formula is C17H18O5. The van der Waals surface area contributed by atoms with Crippen LogP contribution in [0.25, 0.3) is 6.08 Å². The van der Waals surface area contributed by atoms with E-state index >= 15 is 0 Å². The van der Waals surface area contributed by atoms with Gasteiger partial charge < -0.3 is 18.6 Å². The summed E-state index contributed by atoms with van der Waals surface area (Å²) >= 11 is 0. The molecule has 116 valence electrons. The molecule has 0 aliphatic carbocycles. The van der Waals surface area contributed by atoms with Gasteiger partial charge in [0.2, 0.25) is 11.5 Å². The van der Waals surface area contributed by atoms with Gasteiger partial charge in [-0.15, -0.1) is 0 Å². The number of furan rings is 1. The smallest absolute Gasteiger partial charge is 0.221 e. The Morgan fingerprint density at radius 1 is 1.00 bits per heavy atom. The first-order chi connectivity index (χ1) is 10.6. The Morgan fingerprint density at radius 2 is 1.73 bits per heavy atom. The highest BCUT2D eigenvalue weighted by molar-refractivity contribution is 6.05. The summed E-state index contributed by atoms with van der Waals surface area (Å²) in [6.07, 6.45) is 3.09. The van der Waals surface area contributed by atoms with Gasteiger partial charge in [0.15, 0.2) is 17.3 Å². The summed E-state index contributed by atoms with van der Waals surface area (Å²) in [6, 6.07) is 6.94. The lowest BCUT2D eigenvalue weighted by molar-refractivity contribution is 0.102. The Labute approximate surface area is 129 Å². The maximum Gasteiger partial charge on any atom is 0.221 e. The van der Waals surface area contributed by atoms with Crippen molar-refractivity contribution in [1.29, 1.82) is 0 Å². The Kier molecular flexibility index (Phi) is 4.88. The second kappa shape index (κ2) is 6.85. The monoisotopic (exact) mass is 302 g/mol. The molecule has 0 aliphatic rings. The molecule has 0 atom stereocenters. The first-order valence-electron chi connectivity index (χ1n) is 6.68. The lowest BCUT2D eigenvalue weighted by Crippen LogP contribution is -1.97. The molecular weight excluding hydrogens is 284 g/mol. The van der Waals surface area contributed by atoms with Gasteiger partial charge in [-0.25, -0.2) is 0 Å². The van der Waals surface area contributed by atoms with E-state index in [0.29, 0.717) is 34.3 Å². The maximum atomic E-state index is 12.0. The number of rotatable bonds is 6. The van der Waals surface area contributed by atoms with Crippen LogP contribution in [0, 0.1) is 6.92 Å². The lowest BCUT2D eigenvalue weighted by Gasteiger charge is -2.13. The third kappa shape index (κ3) is 3.14. The molecule has 0 saturated carbocycles. The van der Waals surface area contributed by atoms with Crippen LogP contribution in [-0.2, 0) is 0 Å². The average molecular weight is 302 g/mol. The van der Waals surface area contributed by atoms with Gasteiger partial charge in [-0.1, -0.05) is 0 Å². The van der Waals surface area contributed by atoms with E-state index in [1.807, 2.05) is 0 Å². The van der Waals surface area contributed by atoms with Crippen LogP contribution in [0.5, 0.6) is 17.2 Å². The lowest BCUT2D eigenvalue weighted by atomic mass is 10.1. The van der Waals surface area contributed by atoms with Crippen molar-refractivity contribution in [3.63, 3.8) is 0 Å². The number of ketones is 1. The van der Waals surface area contributed by atoms with Crippen LogP contribution < -0.4 is 14.2 Å². The quantitative estimate of drug-likeness (QED) is 0.603. The molecule has 2 aromatic rings. The topological polar surface area (TPSA) is 57.9 Å². The second-order valence-corrected chi connectivity index (χ2v) is 4.53. The van der Waals surface area contributed by atoms with Crippen LogP contribution in [0.1, 0.15) is 21.9 Å². The second-order valence-electron chi connectivity index (χ2n) is 4.53. The molecule has 0 aliphatic heterocycles.